The van der Waals surface area contributed by atoms with Crippen LogP contribution >= 0.6 is 0 Å². The van der Waals surface area contributed by atoms with Gasteiger partial charge in [0.2, 0.25) is 23.3 Å². The van der Waals surface area contributed by atoms with E-state index in [9.17, 15) is 19.2 Å². The van der Waals surface area contributed by atoms with Gasteiger partial charge in [-0.15, -0.1) is 0 Å². The molecule has 5 N–H and O–H groups in total. The molecule has 0 bridgehead atoms. The first-order chi connectivity index (χ1) is 16.8. The van der Waals surface area contributed by atoms with Gasteiger partial charge < -0.3 is 21.1 Å². The maximum absolute atomic E-state index is 13.9. The number of nitrogens with zero attached hydrogens (tertiary/aromatic N) is 1. The smallest absolute Gasteiger partial charge is 0.291 e. The van der Waals surface area contributed by atoms with E-state index in [4.69, 9.17) is 10.5 Å². The van der Waals surface area contributed by atoms with Gasteiger partial charge in [-0.05, 0) is 18.1 Å². The number of amides is 4. The van der Waals surface area contributed by atoms with Gasteiger partial charge >= 0.3 is 0 Å². The van der Waals surface area contributed by atoms with E-state index in [1.165, 1.54) is 12.0 Å². The fraction of sp³-hybridized carbons (Fsp3) is 0.385. The number of fused-ring (bicyclic) bond motifs is 4. The van der Waals surface area contributed by atoms with Gasteiger partial charge in [-0.3, -0.25) is 24.1 Å². The van der Waals surface area contributed by atoms with Crippen LogP contribution in [0.1, 0.15) is 36.5 Å². The topological polar surface area (TPSA) is 135 Å². The van der Waals surface area contributed by atoms with Crippen molar-refractivity contribution >= 4 is 29.3 Å². The Morgan fingerprint density at radius 3 is 2.57 bits per heavy atom. The molecule has 182 valence electrons. The van der Waals surface area contributed by atoms with Crippen LogP contribution in [0.3, 0.4) is 0 Å². The molecule has 0 aliphatic carbocycles. The molecule has 4 atom stereocenters. The summed E-state index contributed by atoms with van der Waals surface area (Å²) in [4.78, 5) is 54.1. The number of anilines is 1. The number of hydrogen-bond donors (Lipinski definition) is 3. The number of nitrogens with two attached hydrogens (primary N) is 2. The molecular formula is C26H29N4O5+. The van der Waals surface area contributed by atoms with Crippen LogP contribution in [0.15, 0.2) is 42.5 Å². The van der Waals surface area contributed by atoms with E-state index in [1.807, 2.05) is 48.6 Å². The number of likely N-dealkylation sites (tertiary alicyclic amines) is 1. The van der Waals surface area contributed by atoms with Crippen molar-refractivity contribution in [1.29, 1.82) is 0 Å². The van der Waals surface area contributed by atoms with Crippen LogP contribution in [0.25, 0.3) is 0 Å². The highest BCUT2D eigenvalue weighted by Crippen LogP contribution is 2.50. The second kappa shape index (κ2) is 8.49. The molecule has 4 amide bonds. The van der Waals surface area contributed by atoms with Gasteiger partial charge in [-0.25, -0.2) is 0 Å². The molecule has 3 heterocycles. The number of methoxy groups -OCH3 is 1. The lowest BCUT2D eigenvalue weighted by molar-refractivity contribution is -0.734. The fourth-order valence-electron chi connectivity index (χ4n) is 6.14. The number of para-hydroxylation sites is 2. The minimum Gasteiger partial charge on any atom is -0.496 e. The van der Waals surface area contributed by atoms with Crippen LogP contribution in [0.5, 0.6) is 5.75 Å². The lowest BCUT2D eigenvalue weighted by atomic mass is 9.76. The maximum atomic E-state index is 13.9. The monoisotopic (exact) mass is 477 g/mol. The summed E-state index contributed by atoms with van der Waals surface area (Å²) in [5.41, 5.74) is 7.25. The van der Waals surface area contributed by atoms with E-state index in [2.05, 4.69) is 5.32 Å². The molecule has 35 heavy (non-hydrogen) atoms. The maximum Gasteiger partial charge on any atom is 0.291 e. The molecule has 0 unspecified atom stereocenters. The number of quaternary nitrogens is 1. The molecular weight excluding hydrogens is 448 g/mol. The summed E-state index contributed by atoms with van der Waals surface area (Å²) in [6.07, 6.45) is 1.08. The molecule has 2 aromatic carbocycles. The summed E-state index contributed by atoms with van der Waals surface area (Å²) in [5, 5.41) is 4.84. The second-order valence-electron chi connectivity index (χ2n) is 9.43. The SMILES string of the molecule is CCc1cccc2c1NC(=O)[C@@]21[NH2+][C@@H](CCC(N)=O)[C@H]2C(=O)N(Cc3ccccc3OC)C(=O)[C@H]21. The highest BCUT2D eigenvalue weighted by atomic mass is 16.5. The highest BCUT2D eigenvalue weighted by molar-refractivity contribution is 6.14. The molecule has 2 saturated heterocycles. The molecule has 9 heteroatoms. The van der Waals surface area contributed by atoms with Gasteiger partial charge in [-0.2, -0.15) is 0 Å². The molecule has 2 aromatic rings. The van der Waals surface area contributed by atoms with Crippen molar-refractivity contribution in [3.8, 4) is 5.75 Å². The average molecular weight is 478 g/mol. The lowest BCUT2D eigenvalue weighted by Crippen LogP contribution is -2.99. The van der Waals surface area contributed by atoms with E-state index in [1.54, 1.807) is 6.07 Å². The first-order valence-electron chi connectivity index (χ1n) is 11.9. The Bertz CT molecular complexity index is 1240. The van der Waals surface area contributed by atoms with E-state index in [0.29, 0.717) is 29.8 Å². The van der Waals surface area contributed by atoms with Gasteiger partial charge in [0.15, 0.2) is 0 Å². The van der Waals surface area contributed by atoms with Crippen molar-refractivity contribution in [1.82, 2.24) is 4.90 Å². The van der Waals surface area contributed by atoms with E-state index < -0.39 is 29.3 Å². The minimum atomic E-state index is -1.27. The van der Waals surface area contributed by atoms with Gasteiger partial charge in [0.25, 0.3) is 5.91 Å². The zero-order chi connectivity index (χ0) is 24.9. The Morgan fingerprint density at radius 2 is 1.86 bits per heavy atom. The number of ether oxygens (including phenoxy) is 1. The third-order valence-electron chi connectivity index (χ3n) is 7.71. The van der Waals surface area contributed by atoms with E-state index >= 15 is 0 Å². The van der Waals surface area contributed by atoms with Crippen LogP contribution in [-0.2, 0) is 37.7 Å². The second-order valence-corrected chi connectivity index (χ2v) is 9.43. The molecule has 3 aliphatic rings. The summed E-state index contributed by atoms with van der Waals surface area (Å²) >= 11 is 0. The zero-order valence-electron chi connectivity index (χ0n) is 19.7. The number of imide groups is 1. The first kappa shape index (κ1) is 23.0. The summed E-state index contributed by atoms with van der Waals surface area (Å²) in [5.74, 6) is -2.54. The van der Waals surface area contributed by atoms with Crippen LogP contribution in [-0.4, -0.2) is 41.7 Å². The summed E-state index contributed by atoms with van der Waals surface area (Å²) in [6, 6.07) is 12.5. The van der Waals surface area contributed by atoms with Crippen LogP contribution in [0.2, 0.25) is 0 Å². The Hall–Kier alpha value is -3.72. The number of hydrogen-bond acceptors (Lipinski definition) is 5. The quantitative estimate of drug-likeness (QED) is 0.497. The van der Waals surface area contributed by atoms with Crippen molar-refractivity contribution in [3.05, 3.63) is 59.2 Å². The van der Waals surface area contributed by atoms with E-state index in [-0.39, 0.29) is 30.7 Å². The summed E-state index contributed by atoms with van der Waals surface area (Å²) < 4.78 is 5.42. The third kappa shape index (κ3) is 3.33. The average Bonchev–Trinajstić information content (AvgIpc) is 3.43. The number of primary amides is 1. The normalized spacial score (nSPS) is 26.7. The predicted molar refractivity (Wildman–Crippen MR) is 126 cm³/mol. The van der Waals surface area contributed by atoms with Crippen LogP contribution in [0.4, 0.5) is 5.69 Å². The number of benzene rings is 2. The molecule has 3 aliphatic heterocycles. The van der Waals surface area contributed by atoms with Crippen molar-refractivity contribution in [2.45, 2.75) is 44.3 Å². The Labute approximate surface area is 203 Å². The first-order valence-corrected chi connectivity index (χ1v) is 11.9. The molecule has 1 spiro atoms. The molecule has 5 rings (SSSR count). The summed E-state index contributed by atoms with van der Waals surface area (Å²) in [6.45, 7) is 2.06. The third-order valence-corrected chi connectivity index (χ3v) is 7.71. The molecule has 0 saturated carbocycles. The Kier molecular flexibility index (Phi) is 5.59. The fourth-order valence-corrected chi connectivity index (χ4v) is 6.14. The van der Waals surface area contributed by atoms with Crippen molar-refractivity contribution < 1.29 is 29.2 Å². The van der Waals surface area contributed by atoms with Crippen LogP contribution < -0.4 is 21.1 Å². The zero-order valence-corrected chi connectivity index (χ0v) is 19.7. The number of nitrogens with one attached hydrogen (secondary N) is 1. The summed E-state index contributed by atoms with van der Waals surface area (Å²) in [7, 11) is 1.54. The lowest BCUT2D eigenvalue weighted by Gasteiger charge is -2.26. The van der Waals surface area contributed by atoms with Gasteiger partial charge in [-0.1, -0.05) is 43.3 Å². The molecule has 9 nitrogen and oxygen atoms in total. The van der Waals surface area contributed by atoms with Crippen molar-refractivity contribution in [3.63, 3.8) is 0 Å². The van der Waals surface area contributed by atoms with Crippen molar-refractivity contribution in [2.24, 2.45) is 17.6 Å². The van der Waals surface area contributed by atoms with Gasteiger partial charge in [0, 0.05) is 24.0 Å². The largest absolute Gasteiger partial charge is 0.496 e. The van der Waals surface area contributed by atoms with E-state index in [0.717, 1.165) is 11.1 Å². The standard InChI is InChI=1S/C26H28N4O5/c1-3-14-8-6-9-16-22(14)28-25(34)26(16)21-20(17(29-26)11-12-19(27)31)23(32)30(24(21)33)13-15-7-4-5-10-18(15)35-2/h4-10,17,20-21,29H,3,11-13H2,1-2H3,(H2,27,31)(H,28,34)/p+1/t17-,20+,21-,26+/m0/s1. The predicted octanol–water partition coefficient (Wildman–Crippen LogP) is 0.418. The number of aryl methyl sites for hydroxylation is 1. The minimum absolute atomic E-state index is 0.0524. The Balaban J connectivity index is 1.60. The van der Waals surface area contributed by atoms with Crippen molar-refractivity contribution in [2.75, 3.05) is 12.4 Å². The molecule has 0 aromatic heterocycles. The van der Waals surface area contributed by atoms with Gasteiger partial charge in [0.1, 0.15) is 23.6 Å². The number of carbonyl (C=O) groups excluding carboxylic acids is 4. The van der Waals surface area contributed by atoms with Crippen LogP contribution in [0, 0.1) is 11.8 Å². The number of rotatable bonds is 7. The highest BCUT2D eigenvalue weighted by Gasteiger charge is 2.74. The Morgan fingerprint density at radius 1 is 1.11 bits per heavy atom. The van der Waals surface area contributed by atoms with Gasteiger partial charge in [0.05, 0.1) is 19.3 Å². The molecule has 2 fully saturated rings. The molecule has 0 radical (unpaired) electrons. The number of carbonyl (C=O) groups is 4.